The topological polar surface area (TPSA) is 38.3 Å². The van der Waals surface area contributed by atoms with E-state index in [0.717, 1.165) is 30.5 Å². The molecule has 0 aromatic heterocycles. The predicted molar refractivity (Wildman–Crippen MR) is 78.7 cm³/mol. The summed E-state index contributed by atoms with van der Waals surface area (Å²) in [5.41, 5.74) is 3.18. The number of ether oxygens (including phenoxy) is 1. The van der Waals surface area contributed by atoms with Gasteiger partial charge >= 0.3 is 6.09 Å². The number of hydrogen-bond acceptors (Lipinski definition) is 2. The van der Waals surface area contributed by atoms with Gasteiger partial charge in [-0.25, -0.2) is 4.79 Å². The minimum absolute atomic E-state index is 0.135. The van der Waals surface area contributed by atoms with Gasteiger partial charge in [0.25, 0.3) is 0 Å². The molecule has 3 nitrogen and oxygen atoms in total. The largest absolute Gasteiger partial charge is 0.441 e. The van der Waals surface area contributed by atoms with Gasteiger partial charge in [-0.1, -0.05) is 42.5 Å². The number of anilines is 1. The van der Waals surface area contributed by atoms with Crippen molar-refractivity contribution < 1.29 is 9.53 Å². The molecule has 1 aliphatic rings. The number of fused-ring (bicyclic) bond motifs is 1. The van der Waals surface area contributed by atoms with E-state index >= 15 is 0 Å². The third-order valence-corrected chi connectivity index (χ3v) is 3.58. The van der Waals surface area contributed by atoms with E-state index in [4.69, 9.17) is 4.74 Å². The van der Waals surface area contributed by atoms with Crippen LogP contribution in [0.5, 0.6) is 0 Å². The smallest absolute Gasteiger partial charge is 0.412 e. The molecule has 0 heterocycles. The van der Waals surface area contributed by atoms with Crippen molar-refractivity contribution >= 4 is 11.8 Å². The average molecular weight is 267 g/mol. The molecule has 3 heteroatoms. The molecule has 3 rings (SSSR count). The first-order chi connectivity index (χ1) is 9.83. The highest BCUT2D eigenvalue weighted by molar-refractivity contribution is 5.84. The first-order valence-electron chi connectivity index (χ1n) is 6.93. The van der Waals surface area contributed by atoms with Crippen LogP contribution in [-0.2, 0) is 11.2 Å². The molecule has 0 spiro atoms. The maximum Gasteiger partial charge on any atom is 0.412 e. The number of nitrogens with one attached hydrogen (secondary N) is 1. The van der Waals surface area contributed by atoms with E-state index < -0.39 is 6.09 Å². The summed E-state index contributed by atoms with van der Waals surface area (Å²) < 4.78 is 5.57. The molecular weight excluding hydrogens is 250 g/mol. The Bertz CT molecular complexity index is 595. The van der Waals surface area contributed by atoms with Crippen LogP contribution in [0, 0.1) is 0 Å². The van der Waals surface area contributed by atoms with Crippen molar-refractivity contribution in [3.63, 3.8) is 0 Å². The summed E-state index contributed by atoms with van der Waals surface area (Å²) in [6.07, 6.45) is 2.48. The Kier molecular flexibility index (Phi) is 3.68. The van der Waals surface area contributed by atoms with E-state index in [1.807, 2.05) is 42.5 Å². The van der Waals surface area contributed by atoms with Crippen molar-refractivity contribution in [2.45, 2.75) is 25.4 Å². The second kappa shape index (κ2) is 5.78. The number of amides is 1. The molecule has 1 atom stereocenters. The third kappa shape index (κ3) is 2.82. The molecule has 102 valence electrons. The fourth-order valence-corrected chi connectivity index (χ4v) is 2.63. The van der Waals surface area contributed by atoms with Gasteiger partial charge in [0.2, 0.25) is 0 Å². The lowest BCUT2D eigenvalue weighted by Crippen LogP contribution is -2.20. The van der Waals surface area contributed by atoms with Crippen molar-refractivity contribution in [3.05, 3.63) is 65.7 Å². The van der Waals surface area contributed by atoms with Crippen molar-refractivity contribution in [1.29, 1.82) is 0 Å². The summed E-state index contributed by atoms with van der Waals surface area (Å²) in [6.45, 7) is 0. The number of aryl methyl sites for hydroxylation is 1. The normalized spacial score (nSPS) is 17.1. The molecule has 1 aliphatic carbocycles. The summed E-state index contributed by atoms with van der Waals surface area (Å²) in [4.78, 5) is 12.0. The third-order valence-electron chi connectivity index (χ3n) is 3.58. The Balaban J connectivity index is 1.68. The quantitative estimate of drug-likeness (QED) is 0.880. The molecule has 0 unspecified atom stereocenters. The Morgan fingerprint density at radius 2 is 1.80 bits per heavy atom. The van der Waals surface area contributed by atoms with Gasteiger partial charge in [0.15, 0.2) is 0 Å². The Labute approximate surface area is 118 Å². The molecule has 0 bridgehead atoms. The van der Waals surface area contributed by atoms with Gasteiger partial charge in [0.1, 0.15) is 6.10 Å². The van der Waals surface area contributed by atoms with Gasteiger partial charge in [0, 0.05) is 5.69 Å². The van der Waals surface area contributed by atoms with Crippen molar-refractivity contribution in [3.8, 4) is 0 Å². The van der Waals surface area contributed by atoms with Crippen LogP contribution in [0.3, 0.4) is 0 Å². The van der Waals surface area contributed by atoms with Crippen LogP contribution in [0.4, 0.5) is 10.5 Å². The summed E-state index contributed by atoms with van der Waals surface area (Å²) in [5, 5.41) is 2.76. The number of carbonyl (C=O) groups is 1. The van der Waals surface area contributed by atoms with Crippen LogP contribution in [0.25, 0.3) is 0 Å². The average Bonchev–Trinajstić information content (AvgIpc) is 2.48. The van der Waals surface area contributed by atoms with E-state index in [9.17, 15) is 4.79 Å². The van der Waals surface area contributed by atoms with E-state index in [0.29, 0.717) is 0 Å². The molecule has 2 aromatic rings. The second-order valence-corrected chi connectivity index (χ2v) is 4.98. The van der Waals surface area contributed by atoms with E-state index in [-0.39, 0.29) is 6.10 Å². The molecule has 0 radical (unpaired) electrons. The predicted octanol–water partition coefficient (Wildman–Crippen LogP) is 4.31. The maximum atomic E-state index is 12.0. The zero-order valence-electron chi connectivity index (χ0n) is 11.2. The fourth-order valence-electron chi connectivity index (χ4n) is 2.63. The molecule has 0 aliphatic heterocycles. The molecule has 0 saturated carbocycles. The highest BCUT2D eigenvalue weighted by Gasteiger charge is 2.23. The van der Waals surface area contributed by atoms with Gasteiger partial charge in [-0.05, 0) is 42.5 Å². The molecule has 1 amide bonds. The highest BCUT2D eigenvalue weighted by Crippen LogP contribution is 2.32. The number of rotatable bonds is 2. The van der Waals surface area contributed by atoms with Crippen LogP contribution in [0.15, 0.2) is 54.6 Å². The van der Waals surface area contributed by atoms with Crippen LogP contribution in [-0.4, -0.2) is 6.09 Å². The number of carbonyl (C=O) groups excluding carboxylic acids is 1. The fraction of sp³-hybridized carbons (Fsp3) is 0.235. The molecule has 2 aromatic carbocycles. The van der Waals surface area contributed by atoms with Crippen LogP contribution in [0.1, 0.15) is 30.1 Å². The van der Waals surface area contributed by atoms with Gasteiger partial charge in [-0.2, -0.15) is 0 Å². The molecule has 0 saturated heterocycles. The maximum absolute atomic E-state index is 12.0. The summed E-state index contributed by atoms with van der Waals surface area (Å²) in [6, 6.07) is 17.5. The number of benzene rings is 2. The monoisotopic (exact) mass is 267 g/mol. The molecule has 1 N–H and O–H groups in total. The van der Waals surface area contributed by atoms with Gasteiger partial charge in [-0.3, -0.25) is 5.32 Å². The van der Waals surface area contributed by atoms with Crippen molar-refractivity contribution in [2.75, 3.05) is 5.32 Å². The summed E-state index contributed by atoms with van der Waals surface area (Å²) in [5.74, 6) is 0. The van der Waals surface area contributed by atoms with E-state index in [1.54, 1.807) is 0 Å². The summed E-state index contributed by atoms with van der Waals surface area (Å²) in [7, 11) is 0. The van der Waals surface area contributed by atoms with Gasteiger partial charge in [0.05, 0.1) is 0 Å². The highest BCUT2D eigenvalue weighted by atomic mass is 16.6. The Morgan fingerprint density at radius 3 is 2.65 bits per heavy atom. The first-order valence-corrected chi connectivity index (χ1v) is 6.93. The Morgan fingerprint density at radius 1 is 1.05 bits per heavy atom. The number of para-hydroxylation sites is 1. The van der Waals surface area contributed by atoms with E-state index in [2.05, 4.69) is 17.4 Å². The lowest BCUT2D eigenvalue weighted by Gasteiger charge is -2.25. The standard InChI is InChI=1S/C17H17NO2/c19-17(18-14-9-2-1-3-10-14)20-16-12-6-8-13-7-4-5-11-15(13)16/h1-5,7,9-11,16H,6,8,12H2,(H,18,19)/t16-/m0/s1. The lowest BCUT2D eigenvalue weighted by atomic mass is 9.89. The van der Waals surface area contributed by atoms with E-state index in [1.165, 1.54) is 5.56 Å². The molecule has 0 fully saturated rings. The van der Waals surface area contributed by atoms with Gasteiger partial charge in [-0.15, -0.1) is 0 Å². The molecular formula is C17H17NO2. The van der Waals surface area contributed by atoms with Crippen molar-refractivity contribution in [2.24, 2.45) is 0 Å². The second-order valence-electron chi connectivity index (χ2n) is 4.98. The SMILES string of the molecule is O=C(Nc1ccccc1)O[C@H]1CCCc2ccccc21. The minimum atomic E-state index is -0.391. The first kappa shape index (κ1) is 12.7. The minimum Gasteiger partial charge on any atom is -0.441 e. The van der Waals surface area contributed by atoms with Crippen LogP contribution < -0.4 is 5.32 Å². The van der Waals surface area contributed by atoms with Gasteiger partial charge < -0.3 is 4.74 Å². The molecule has 20 heavy (non-hydrogen) atoms. The lowest BCUT2D eigenvalue weighted by molar-refractivity contribution is 0.0999. The summed E-state index contributed by atoms with van der Waals surface area (Å²) >= 11 is 0. The van der Waals surface area contributed by atoms with Crippen LogP contribution >= 0.6 is 0 Å². The number of hydrogen-bond donors (Lipinski definition) is 1. The zero-order valence-corrected chi connectivity index (χ0v) is 11.2. The van der Waals surface area contributed by atoms with Crippen LogP contribution in [0.2, 0.25) is 0 Å². The zero-order chi connectivity index (χ0) is 13.8. The van der Waals surface area contributed by atoms with Crippen molar-refractivity contribution in [1.82, 2.24) is 0 Å². The Hall–Kier alpha value is -2.29.